The first kappa shape index (κ1) is 22.4. The second-order valence-electron chi connectivity index (χ2n) is 8.60. The number of nitrogens with zero attached hydrogens (tertiary/aromatic N) is 5. The van der Waals surface area contributed by atoms with E-state index in [1.54, 1.807) is 29.9 Å². The van der Waals surface area contributed by atoms with E-state index >= 15 is 0 Å². The van der Waals surface area contributed by atoms with Gasteiger partial charge in [-0.05, 0) is 61.4 Å². The van der Waals surface area contributed by atoms with Crippen LogP contribution in [0, 0.1) is 0 Å². The lowest BCUT2D eigenvalue weighted by molar-refractivity contribution is -0.117. The molecule has 1 unspecified atom stereocenters. The lowest BCUT2D eigenvalue weighted by Gasteiger charge is -2.21. The van der Waals surface area contributed by atoms with Crippen LogP contribution >= 0.6 is 11.8 Å². The van der Waals surface area contributed by atoms with Crippen LogP contribution in [-0.2, 0) is 11.2 Å². The molecule has 1 aliphatic heterocycles. The number of benzene rings is 3. The largest absolute Gasteiger partial charge is 0.497 e. The number of carbonyl (C=O) groups excluding carboxylic acids is 1. The number of carbonyl (C=O) groups is 1. The molecule has 1 aliphatic rings. The van der Waals surface area contributed by atoms with Crippen molar-refractivity contribution in [3.63, 3.8) is 0 Å². The summed E-state index contributed by atoms with van der Waals surface area (Å²) < 4.78 is 8.67. The number of rotatable bonds is 5. The van der Waals surface area contributed by atoms with Gasteiger partial charge in [0.25, 0.3) is 5.56 Å². The summed E-state index contributed by atoms with van der Waals surface area (Å²) in [5.41, 5.74) is 3.31. The predicted molar refractivity (Wildman–Crippen MR) is 140 cm³/mol. The SMILES string of the molecule is COc1ccc(-n2c(=O)c3ccccc3n3c(SC(C)C(=O)N4CCc5ccccc54)nnc23)cc1. The maximum Gasteiger partial charge on any atom is 0.267 e. The van der Waals surface area contributed by atoms with Crippen molar-refractivity contribution >= 4 is 40.0 Å². The van der Waals surface area contributed by atoms with E-state index < -0.39 is 5.25 Å². The van der Waals surface area contributed by atoms with Crippen LogP contribution < -0.4 is 15.2 Å². The van der Waals surface area contributed by atoms with Crippen molar-refractivity contribution in [3.8, 4) is 11.4 Å². The van der Waals surface area contributed by atoms with Crippen LogP contribution in [0.1, 0.15) is 12.5 Å². The maximum absolute atomic E-state index is 13.5. The number of ether oxygens (including phenoxy) is 1. The van der Waals surface area contributed by atoms with Gasteiger partial charge in [-0.15, -0.1) is 10.2 Å². The molecule has 1 amide bonds. The van der Waals surface area contributed by atoms with E-state index in [4.69, 9.17) is 4.74 Å². The van der Waals surface area contributed by atoms with Crippen LogP contribution in [0.3, 0.4) is 0 Å². The van der Waals surface area contributed by atoms with E-state index in [9.17, 15) is 9.59 Å². The van der Waals surface area contributed by atoms with Crippen molar-refractivity contribution in [2.45, 2.75) is 23.8 Å². The monoisotopic (exact) mass is 497 g/mol. The van der Waals surface area contributed by atoms with Gasteiger partial charge < -0.3 is 9.64 Å². The topological polar surface area (TPSA) is 81.7 Å². The van der Waals surface area contributed by atoms with Gasteiger partial charge >= 0.3 is 0 Å². The molecule has 5 aromatic rings. The van der Waals surface area contributed by atoms with Crippen LogP contribution in [0.2, 0.25) is 0 Å². The maximum atomic E-state index is 13.5. The molecule has 1 atom stereocenters. The molecule has 0 bridgehead atoms. The van der Waals surface area contributed by atoms with E-state index in [0.717, 1.165) is 12.1 Å². The van der Waals surface area contributed by atoms with Gasteiger partial charge in [-0.25, -0.2) is 4.57 Å². The number of fused-ring (bicyclic) bond motifs is 4. The quantitative estimate of drug-likeness (QED) is 0.340. The molecule has 3 heterocycles. The molecule has 6 rings (SSSR count). The summed E-state index contributed by atoms with van der Waals surface area (Å²) in [6, 6.07) is 22.6. The average molecular weight is 498 g/mol. The fourth-order valence-corrected chi connectivity index (χ4v) is 5.63. The van der Waals surface area contributed by atoms with Gasteiger partial charge in [0.1, 0.15) is 5.75 Å². The van der Waals surface area contributed by atoms with E-state index in [1.165, 1.54) is 17.3 Å². The predicted octanol–water partition coefficient (Wildman–Crippen LogP) is 4.11. The van der Waals surface area contributed by atoms with E-state index in [-0.39, 0.29) is 11.5 Å². The van der Waals surface area contributed by atoms with Crippen molar-refractivity contribution in [1.29, 1.82) is 0 Å². The lowest BCUT2D eigenvalue weighted by Crippen LogP contribution is -2.35. The standard InChI is InChI=1S/C27H23N5O3S/c1-17(24(33)30-16-15-18-7-3-5-9-22(18)30)36-27-29-28-26-31(19-11-13-20(35-2)14-12-19)25(34)21-8-4-6-10-23(21)32(26)27/h3-14,17H,15-16H2,1-2H3. The molecular weight excluding hydrogens is 474 g/mol. The summed E-state index contributed by atoms with van der Waals surface area (Å²) in [5.74, 6) is 1.10. The molecular formula is C27H23N5O3S. The highest BCUT2D eigenvalue weighted by Gasteiger charge is 2.30. The van der Waals surface area contributed by atoms with Crippen molar-refractivity contribution < 1.29 is 9.53 Å². The minimum atomic E-state index is -0.399. The zero-order valence-electron chi connectivity index (χ0n) is 19.8. The van der Waals surface area contributed by atoms with Gasteiger partial charge in [0.2, 0.25) is 11.7 Å². The number of aromatic nitrogens is 4. The summed E-state index contributed by atoms with van der Waals surface area (Å²) in [4.78, 5) is 28.8. The fraction of sp³-hybridized carbons (Fsp3) is 0.185. The number of anilines is 1. The fourth-order valence-electron chi connectivity index (χ4n) is 4.71. The van der Waals surface area contributed by atoms with Crippen LogP contribution in [-0.4, -0.2) is 44.0 Å². The van der Waals surface area contributed by atoms with Crippen molar-refractivity contribution in [2.24, 2.45) is 0 Å². The van der Waals surface area contributed by atoms with Crippen LogP contribution in [0.5, 0.6) is 5.75 Å². The van der Waals surface area contributed by atoms with E-state index in [1.807, 2.05) is 64.8 Å². The molecule has 180 valence electrons. The number of para-hydroxylation sites is 2. The minimum absolute atomic E-state index is 0.0227. The molecule has 0 fully saturated rings. The molecule has 36 heavy (non-hydrogen) atoms. The number of hydrogen-bond donors (Lipinski definition) is 0. The first-order valence-electron chi connectivity index (χ1n) is 11.7. The highest BCUT2D eigenvalue weighted by Crippen LogP contribution is 2.32. The second-order valence-corrected chi connectivity index (χ2v) is 9.91. The van der Waals surface area contributed by atoms with Crippen LogP contribution in [0.4, 0.5) is 5.69 Å². The summed E-state index contributed by atoms with van der Waals surface area (Å²) in [7, 11) is 1.60. The number of amides is 1. The number of thioether (sulfide) groups is 1. The summed E-state index contributed by atoms with van der Waals surface area (Å²) in [5, 5.41) is 9.50. The molecule has 2 aromatic heterocycles. The first-order valence-corrected chi connectivity index (χ1v) is 12.5. The molecule has 3 aromatic carbocycles. The molecule has 8 nitrogen and oxygen atoms in total. The average Bonchev–Trinajstić information content (AvgIpc) is 3.53. The Hall–Kier alpha value is -4.11. The molecule has 0 saturated carbocycles. The molecule has 0 aliphatic carbocycles. The van der Waals surface area contributed by atoms with E-state index in [2.05, 4.69) is 16.3 Å². The molecule has 9 heteroatoms. The Balaban J connectivity index is 1.44. The summed E-state index contributed by atoms with van der Waals surface area (Å²) >= 11 is 1.34. The zero-order chi connectivity index (χ0) is 24.8. The van der Waals surface area contributed by atoms with Crippen molar-refractivity contribution in [1.82, 2.24) is 19.2 Å². The molecule has 0 radical (unpaired) electrons. The second kappa shape index (κ2) is 8.83. The highest BCUT2D eigenvalue weighted by atomic mass is 32.2. The van der Waals surface area contributed by atoms with Gasteiger partial charge in [0.05, 0.1) is 29.0 Å². The Kier molecular flexibility index (Phi) is 5.49. The number of hydrogen-bond acceptors (Lipinski definition) is 6. The van der Waals surface area contributed by atoms with Gasteiger partial charge in [-0.3, -0.25) is 14.0 Å². The highest BCUT2D eigenvalue weighted by molar-refractivity contribution is 8.00. The summed E-state index contributed by atoms with van der Waals surface area (Å²) in [6.07, 6.45) is 0.853. The van der Waals surface area contributed by atoms with Gasteiger partial charge in [0.15, 0.2) is 5.16 Å². The Morgan fingerprint density at radius 1 is 1.00 bits per heavy atom. The normalized spacial score (nSPS) is 13.8. The lowest BCUT2D eigenvalue weighted by atomic mass is 10.2. The van der Waals surface area contributed by atoms with E-state index in [0.29, 0.717) is 39.8 Å². The summed E-state index contributed by atoms with van der Waals surface area (Å²) in [6.45, 7) is 2.56. The Morgan fingerprint density at radius 3 is 2.56 bits per heavy atom. The first-order chi connectivity index (χ1) is 17.6. The van der Waals surface area contributed by atoms with Gasteiger partial charge in [-0.2, -0.15) is 0 Å². The Bertz CT molecular complexity index is 1680. The molecule has 0 spiro atoms. The van der Waals surface area contributed by atoms with Crippen molar-refractivity contribution in [2.75, 3.05) is 18.6 Å². The van der Waals surface area contributed by atoms with Crippen LogP contribution in [0.15, 0.2) is 82.7 Å². The number of methoxy groups -OCH3 is 1. The van der Waals surface area contributed by atoms with Crippen LogP contribution in [0.25, 0.3) is 22.4 Å². The Labute approximate surface area is 211 Å². The van der Waals surface area contributed by atoms with Crippen molar-refractivity contribution in [3.05, 3.63) is 88.7 Å². The Morgan fingerprint density at radius 2 is 1.75 bits per heavy atom. The third kappa shape index (κ3) is 3.54. The van der Waals surface area contributed by atoms with Gasteiger partial charge in [-0.1, -0.05) is 42.1 Å². The molecule has 0 N–H and O–H groups in total. The zero-order valence-corrected chi connectivity index (χ0v) is 20.6. The smallest absolute Gasteiger partial charge is 0.267 e. The third-order valence-electron chi connectivity index (χ3n) is 6.51. The van der Waals surface area contributed by atoms with Gasteiger partial charge in [0, 0.05) is 12.2 Å². The molecule has 0 saturated heterocycles. The third-order valence-corrected chi connectivity index (χ3v) is 7.54. The minimum Gasteiger partial charge on any atom is -0.497 e.